The van der Waals surface area contributed by atoms with Crippen molar-refractivity contribution in [3.05, 3.63) is 0 Å². The second-order valence-corrected chi connectivity index (χ2v) is 10.9. The quantitative estimate of drug-likeness (QED) is 0.0503. The molecule has 0 saturated carbocycles. The van der Waals surface area contributed by atoms with Gasteiger partial charge in [0.25, 0.3) is 0 Å². The van der Waals surface area contributed by atoms with Crippen molar-refractivity contribution in [3.8, 4) is 0 Å². The van der Waals surface area contributed by atoms with Crippen LogP contribution in [0.15, 0.2) is 0 Å². The molecule has 6 nitrogen and oxygen atoms in total. The van der Waals surface area contributed by atoms with E-state index < -0.39 is 12.3 Å². The van der Waals surface area contributed by atoms with E-state index in [9.17, 15) is 14.7 Å². The van der Waals surface area contributed by atoms with E-state index in [0.717, 1.165) is 51.4 Å². The first-order valence-corrected chi connectivity index (χ1v) is 15.7. The summed E-state index contributed by atoms with van der Waals surface area (Å²) in [7, 11) is 0. The lowest BCUT2D eigenvalue weighted by atomic mass is 10.0. The molecule has 0 aromatic rings. The van der Waals surface area contributed by atoms with Gasteiger partial charge in [0.2, 0.25) is 6.29 Å². The molecule has 0 spiro atoms. The van der Waals surface area contributed by atoms with Crippen molar-refractivity contribution in [3.63, 3.8) is 0 Å². The number of carbonyl (C=O) groups is 2. The highest BCUT2D eigenvalue weighted by atomic mass is 16.7. The van der Waals surface area contributed by atoms with Gasteiger partial charge in [-0.3, -0.25) is 9.59 Å². The van der Waals surface area contributed by atoms with Crippen LogP contribution in [0.2, 0.25) is 0 Å². The molecule has 0 bridgehead atoms. The van der Waals surface area contributed by atoms with Gasteiger partial charge in [-0.25, -0.2) is 0 Å². The van der Waals surface area contributed by atoms with Gasteiger partial charge in [-0.05, 0) is 25.7 Å². The summed E-state index contributed by atoms with van der Waals surface area (Å²) in [6, 6.07) is 0. The van der Waals surface area contributed by atoms with Crippen molar-refractivity contribution >= 4 is 11.9 Å². The topological polar surface area (TPSA) is 85.4 Å². The maximum Gasteiger partial charge on any atom is 0.308 e. The van der Waals surface area contributed by atoms with Gasteiger partial charge in [0.15, 0.2) is 6.61 Å². The highest BCUT2D eigenvalue weighted by Gasteiger charge is 2.36. The van der Waals surface area contributed by atoms with Crippen molar-refractivity contribution in [2.75, 3.05) is 6.61 Å². The molecular weight excluding hydrogens is 468 g/mol. The Morgan fingerprint density at radius 3 is 1.51 bits per heavy atom. The van der Waals surface area contributed by atoms with Crippen LogP contribution >= 0.6 is 0 Å². The largest absolute Gasteiger partial charge is 0.459 e. The SMILES string of the molecule is CCCCCCCCCCCC(=O)OCC(O)OC(=O)CCCCCCCC1OC1CCCCCCC. The zero-order valence-corrected chi connectivity index (χ0v) is 24.2. The van der Waals surface area contributed by atoms with Gasteiger partial charge in [-0.2, -0.15) is 0 Å². The molecule has 0 aromatic carbocycles. The molecule has 0 aromatic heterocycles. The molecule has 0 aliphatic carbocycles. The van der Waals surface area contributed by atoms with E-state index >= 15 is 0 Å². The van der Waals surface area contributed by atoms with Gasteiger partial charge < -0.3 is 19.3 Å². The van der Waals surface area contributed by atoms with Gasteiger partial charge >= 0.3 is 11.9 Å². The van der Waals surface area contributed by atoms with Crippen LogP contribution in [0.3, 0.4) is 0 Å². The van der Waals surface area contributed by atoms with Gasteiger partial charge in [-0.15, -0.1) is 0 Å². The molecule has 3 unspecified atom stereocenters. The molecule has 1 rings (SSSR count). The van der Waals surface area contributed by atoms with Crippen LogP contribution in [0.5, 0.6) is 0 Å². The van der Waals surface area contributed by atoms with E-state index in [1.807, 2.05) is 0 Å². The van der Waals surface area contributed by atoms with Gasteiger partial charge in [0, 0.05) is 12.8 Å². The number of aliphatic hydroxyl groups excluding tert-OH is 1. The number of aliphatic hydroxyl groups is 1. The number of epoxide rings is 1. The Hall–Kier alpha value is -1.14. The summed E-state index contributed by atoms with van der Waals surface area (Å²) in [4.78, 5) is 23.7. The van der Waals surface area contributed by atoms with Crippen LogP contribution in [0.1, 0.15) is 162 Å². The van der Waals surface area contributed by atoms with E-state index in [0.29, 0.717) is 18.6 Å². The molecule has 218 valence electrons. The van der Waals surface area contributed by atoms with Crippen LogP contribution < -0.4 is 0 Å². The monoisotopic (exact) mass is 526 g/mol. The minimum absolute atomic E-state index is 0.287. The Morgan fingerprint density at radius 1 is 0.622 bits per heavy atom. The first-order valence-electron chi connectivity index (χ1n) is 15.7. The highest BCUT2D eigenvalue weighted by molar-refractivity contribution is 5.70. The molecule has 37 heavy (non-hydrogen) atoms. The molecule has 0 radical (unpaired) electrons. The smallest absolute Gasteiger partial charge is 0.308 e. The molecule has 1 heterocycles. The van der Waals surface area contributed by atoms with Crippen LogP contribution in [-0.2, 0) is 23.8 Å². The summed E-state index contributed by atoms with van der Waals surface area (Å²) in [6.45, 7) is 4.18. The van der Waals surface area contributed by atoms with Crippen LogP contribution in [-0.4, -0.2) is 42.1 Å². The van der Waals surface area contributed by atoms with Crippen molar-refractivity contribution in [1.29, 1.82) is 0 Å². The average Bonchev–Trinajstić information content (AvgIpc) is 3.63. The van der Waals surface area contributed by atoms with E-state index in [2.05, 4.69) is 13.8 Å². The second kappa shape index (κ2) is 23.9. The first-order chi connectivity index (χ1) is 18.1. The number of ether oxygens (including phenoxy) is 3. The highest BCUT2D eigenvalue weighted by Crippen LogP contribution is 2.31. The summed E-state index contributed by atoms with van der Waals surface area (Å²) in [5.74, 6) is -0.774. The number of rotatable bonds is 27. The summed E-state index contributed by atoms with van der Waals surface area (Å²) in [5, 5.41) is 9.81. The van der Waals surface area contributed by atoms with Crippen LogP contribution in [0, 0.1) is 0 Å². The fourth-order valence-corrected chi connectivity index (χ4v) is 4.84. The maximum absolute atomic E-state index is 11.9. The van der Waals surface area contributed by atoms with Crippen molar-refractivity contribution < 1.29 is 28.9 Å². The van der Waals surface area contributed by atoms with Crippen LogP contribution in [0.4, 0.5) is 0 Å². The lowest BCUT2D eigenvalue weighted by Gasteiger charge is -2.12. The maximum atomic E-state index is 11.9. The van der Waals surface area contributed by atoms with Crippen molar-refractivity contribution in [2.24, 2.45) is 0 Å². The third-order valence-corrected chi connectivity index (χ3v) is 7.29. The molecule has 1 fully saturated rings. The number of carbonyl (C=O) groups excluding carboxylic acids is 2. The lowest BCUT2D eigenvalue weighted by molar-refractivity contribution is -0.182. The number of hydrogen-bond donors (Lipinski definition) is 1. The van der Waals surface area contributed by atoms with E-state index in [1.165, 1.54) is 83.5 Å². The third kappa shape index (κ3) is 21.5. The van der Waals surface area contributed by atoms with E-state index in [1.54, 1.807) is 0 Å². The Bertz CT molecular complexity index is 552. The molecule has 6 heteroatoms. The lowest BCUT2D eigenvalue weighted by Crippen LogP contribution is -2.24. The standard InChI is InChI=1S/C31H58O6/c1-3-5-7-9-10-11-12-16-20-24-29(32)35-26-31(34)37-30(33)25-21-17-13-15-19-23-28-27(36-28)22-18-14-8-6-4-2/h27-28,31,34H,3-26H2,1-2H3. The molecule has 1 N–H and O–H groups in total. The average molecular weight is 527 g/mol. The Morgan fingerprint density at radius 2 is 1.03 bits per heavy atom. The zero-order valence-electron chi connectivity index (χ0n) is 24.2. The van der Waals surface area contributed by atoms with Crippen LogP contribution in [0.25, 0.3) is 0 Å². The van der Waals surface area contributed by atoms with Gasteiger partial charge in [0.05, 0.1) is 12.2 Å². The third-order valence-electron chi connectivity index (χ3n) is 7.29. The van der Waals surface area contributed by atoms with Gasteiger partial charge in [0.1, 0.15) is 0 Å². The van der Waals surface area contributed by atoms with Crippen molar-refractivity contribution in [1.82, 2.24) is 0 Å². The molecule has 1 aliphatic rings. The summed E-state index contributed by atoms with van der Waals surface area (Å²) in [6.07, 6.45) is 25.2. The molecular formula is C31H58O6. The Balaban J connectivity index is 1.85. The summed E-state index contributed by atoms with van der Waals surface area (Å²) in [5.41, 5.74) is 0. The van der Waals surface area contributed by atoms with Crippen molar-refractivity contribution in [2.45, 2.75) is 180 Å². The number of unbranched alkanes of at least 4 members (excludes halogenated alkanes) is 16. The Labute approximate surface area is 227 Å². The molecule has 1 saturated heterocycles. The minimum atomic E-state index is -1.38. The Kier molecular flexibility index (Phi) is 21.9. The van der Waals surface area contributed by atoms with Gasteiger partial charge in [-0.1, -0.05) is 123 Å². The summed E-state index contributed by atoms with van der Waals surface area (Å²) >= 11 is 0. The molecule has 1 aliphatic heterocycles. The molecule has 3 atom stereocenters. The van der Waals surface area contributed by atoms with E-state index in [-0.39, 0.29) is 19.0 Å². The fraction of sp³-hybridized carbons (Fsp3) is 0.935. The fourth-order valence-electron chi connectivity index (χ4n) is 4.84. The second-order valence-electron chi connectivity index (χ2n) is 10.9. The summed E-state index contributed by atoms with van der Waals surface area (Å²) < 4.78 is 15.8. The normalized spacial score (nSPS) is 17.5. The zero-order chi connectivity index (χ0) is 27.0. The minimum Gasteiger partial charge on any atom is -0.459 e. The predicted molar refractivity (Wildman–Crippen MR) is 149 cm³/mol. The predicted octanol–water partition coefficient (Wildman–Crippen LogP) is 8.17. The number of hydrogen-bond acceptors (Lipinski definition) is 6. The van der Waals surface area contributed by atoms with E-state index in [4.69, 9.17) is 14.2 Å². The molecule has 0 amide bonds. The first kappa shape index (κ1) is 33.9. The number of esters is 2.